The van der Waals surface area contributed by atoms with Gasteiger partial charge in [-0.15, -0.1) is 0 Å². The van der Waals surface area contributed by atoms with Crippen molar-refractivity contribution in [3.05, 3.63) is 84.3 Å². The predicted octanol–water partition coefficient (Wildman–Crippen LogP) is 6.36. The molecule has 7 nitrogen and oxygen atoms in total. The molecule has 7 heteroatoms. The molecule has 3 aromatic carbocycles. The van der Waals surface area contributed by atoms with Gasteiger partial charge in [-0.1, -0.05) is 18.2 Å². The van der Waals surface area contributed by atoms with Crippen LogP contribution in [-0.2, 0) is 4.74 Å². The summed E-state index contributed by atoms with van der Waals surface area (Å²) in [6, 6.07) is 21.7. The van der Waals surface area contributed by atoms with E-state index in [9.17, 15) is 0 Å². The van der Waals surface area contributed by atoms with Crippen LogP contribution in [0.2, 0.25) is 0 Å². The van der Waals surface area contributed by atoms with E-state index in [1.807, 2.05) is 74.5 Å². The number of anilines is 2. The Labute approximate surface area is 203 Å². The highest BCUT2D eigenvalue weighted by Crippen LogP contribution is 2.33. The van der Waals surface area contributed by atoms with Crippen LogP contribution in [0.5, 0.6) is 17.2 Å². The van der Waals surface area contributed by atoms with Crippen LogP contribution in [0.1, 0.15) is 11.3 Å². The van der Waals surface area contributed by atoms with Crippen LogP contribution in [0.4, 0.5) is 11.5 Å². The molecule has 0 amide bonds. The first-order chi connectivity index (χ1) is 17.1. The SMILES string of the molecule is COCCOc1ccc2ncnc(Nc3ccc(Oc4cccc5ccc(C)nc45)c(C)c3)c2c1. The molecule has 0 saturated heterocycles. The fourth-order valence-electron chi connectivity index (χ4n) is 3.86. The summed E-state index contributed by atoms with van der Waals surface area (Å²) in [5.74, 6) is 2.95. The Kier molecular flexibility index (Phi) is 6.41. The van der Waals surface area contributed by atoms with Crippen molar-refractivity contribution in [2.24, 2.45) is 0 Å². The molecule has 1 N–H and O–H groups in total. The van der Waals surface area contributed by atoms with Crippen molar-refractivity contribution in [2.75, 3.05) is 25.6 Å². The van der Waals surface area contributed by atoms with E-state index >= 15 is 0 Å². The first-order valence-electron chi connectivity index (χ1n) is 11.4. The minimum absolute atomic E-state index is 0.477. The molecule has 5 aromatic rings. The van der Waals surface area contributed by atoms with Crippen molar-refractivity contribution in [3.63, 3.8) is 0 Å². The zero-order chi connectivity index (χ0) is 24.2. The first kappa shape index (κ1) is 22.6. The average molecular weight is 467 g/mol. The molecule has 0 fully saturated rings. The van der Waals surface area contributed by atoms with Crippen LogP contribution < -0.4 is 14.8 Å². The van der Waals surface area contributed by atoms with Gasteiger partial charge in [-0.2, -0.15) is 0 Å². The molecular weight excluding hydrogens is 440 g/mol. The Morgan fingerprint density at radius 3 is 2.63 bits per heavy atom. The first-order valence-corrected chi connectivity index (χ1v) is 11.4. The highest BCUT2D eigenvalue weighted by molar-refractivity contribution is 5.91. The number of pyridine rings is 1. The van der Waals surface area contributed by atoms with Crippen molar-refractivity contribution in [1.82, 2.24) is 15.0 Å². The van der Waals surface area contributed by atoms with E-state index < -0.39 is 0 Å². The lowest BCUT2D eigenvalue weighted by Crippen LogP contribution is -2.04. The summed E-state index contributed by atoms with van der Waals surface area (Å²) in [6.45, 7) is 5.00. The number of benzene rings is 3. The Morgan fingerprint density at radius 1 is 0.857 bits per heavy atom. The van der Waals surface area contributed by atoms with Crippen molar-refractivity contribution in [3.8, 4) is 17.2 Å². The molecule has 2 aromatic heterocycles. The zero-order valence-corrected chi connectivity index (χ0v) is 19.9. The minimum atomic E-state index is 0.477. The molecule has 0 unspecified atom stereocenters. The van der Waals surface area contributed by atoms with Crippen LogP contribution in [0.3, 0.4) is 0 Å². The van der Waals surface area contributed by atoms with Gasteiger partial charge in [-0.05, 0) is 67.9 Å². The number of nitrogens with zero attached hydrogens (tertiary/aromatic N) is 3. The second-order valence-corrected chi connectivity index (χ2v) is 8.23. The van der Waals surface area contributed by atoms with Crippen LogP contribution >= 0.6 is 0 Å². The highest BCUT2D eigenvalue weighted by Gasteiger charge is 2.10. The van der Waals surface area contributed by atoms with E-state index in [4.69, 9.17) is 14.2 Å². The summed E-state index contributed by atoms with van der Waals surface area (Å²) in [7, 11) is 1.65. The maximum atomic E-state index is 6.27. The van der Waals surface area contributed by atoms with E-state index in [0.29, 0.717) is 19.0 Å². The molecule has 0 aliphatic carbocycles. The number of hydrogen-bond donors (Lipinski definition) is 1. The summed E-state index contributed by atoms with van der Waals surface area (Å²) < 4.78 is 17.1. The summed E-state index contributed by atoms with van der Waals surface area (Å²) in [6.07, 6.45) is 1.55. The van der Waals surface area contributed by atoms with Gasteiger partial charge in [0, 0.05) is 29.3 Å². The van der Waals surface area contributed by atoms with Gasteiger partial charge in [-0.25, -0.2) is 15.0 Å². The van der Waals surface area contributed by atoms with E-state index in [2.05, 4.69) is 26.3 Å². The Bertz CT molecular complexity index is 1500. The summed E-state index contributed by atoms with van der Waals surface area (Å²) in [5, 5.41) is 5.33. The molecule has 0 radical (unpaired) electrons. The van der Waals surface area contributed by atoms with E-state index in [0.717, 1.165) is 56.0 Å². The molecule has 35 heavy (non-hydrogen) atoms. The zero-order valence-electron chi connectivity index (χ0n) is 19.9. The molecule has 5 rings (SSSR count). The summed E-state index contributed by atoms with van der Waals surface area (Å²) in [4.78, 5) is 13.5. The topological polar surface area (TPSA) is 78.4 Å². The smallest absolute Gasteiger partial charge is 0.153 e. The lowest BCUT2D eigenvalue weighted by Gasteiger charge is -2.14. The average Bonchev–Trinajstić information content (AvgIpc) is 2.86. The molecule has 176 valence electrons. The molecule has 0 spiro atoms. The van der Waals surface area contributed by atoms with Crippen LogP contribution in [0, 0.1) is 13.8 Å². The van der Waals surface area contributed by atoms with Crippen molar-refractivity contribution in [2.45, 2.75) is 13.8 Å². The van der Waals surface area contributed by atoms with Crippen molar-refractivity contribution < 1.29 is 14.2 Å². The largest absolute Gasteiger partial charge is 0.491 e. The quantitative estimate of drug-likeness (QED) is 0.267. The molecule has 0 aliphatic rings. The second kappa shape index (κ2) is 9.95. The molecule has 0 atom stereocenters. The number of aromatic nitrogens is 3. The Hall–Kier alpha value is -4.23. The third-order valence-corrected chi connectivity index (χ3v) is 5.64. The van der Waals surface area contributed by atoms with Gasteiger partial charge >= 0.3 is 0 Å². The number of fused-ring (bicyclic) bond motifs is 2. The molecular formula is C28H26N4O3. The standard InChI is InChI=1S/C28H26N4O3/c1-18-15-21(9-12-25(18)35-26-6-4-5-20-8-7-19(2)31-27(20)26)32-28-23-16-22(34-14-13-33-3)10-11-24(23)29-17-30-28/h4-12,15-17H,13-14H2,1-3H3,(H,29,30,32). The summed E-state index contributed by atoms with van der Waals surface area (Å²) >= 11 is 0. The molecule has 2 heterocycles. The fraction of sp³-hybridized carbons (Fsp3) is 0.179. The molecule has 0 aliphatic heterocycles. The number of ether oxygens (including phenoxy) is 3. The van der Waals surface area contributed by atoms with Gasteiger partial charge in [0.05, 0.1) is 12.1 Å². The maximum absolute atomic E-state index is 6.27. The van der Waals surface area contributed by atoms with Gasteiger partial charge in [-0.3, -0.25) is 0 Å². The van der Waals surface area contributed by atoms with Crippen LogP contribution in [0.15, 0.2) is 73.1 Å². The third-order valence-electron chi connectivity index (χ3n) is 5.64. The van der Waals surface area contributed by atoms with Gasteiger partial charge < -0.3 is 19.5 Å². The van der Waals surface area contributed by atoms with Gasteiger partial charge in [0.25, 0.3) is 0 Å². The lowest BCUT2D eigenvalue weighted by molar-refractivity contribution is 0.146. The number of para-hydroxylation sites is 1. The minimum Gasteiger partial charge on any atom is -0.491 e. The summed E-state index contributed by atoms with van der Waals surface area (Å²) in [5.41, 5.74) is 4.52. The maximum Gasteiger partial charge on any atom is 0.153 e. The van der Waals surface area contributed by atoms with Crippen molar-refractivity contribution >= 4 is 33.3 Å². The van der Waals surface area contributed by atoms with E-state index in [1.54, 1.807) is 13.4 Å². The second-order valence-electron chi connectivity index (χ2n) is 8.23. The molecule has 0 saturated carbocycles. The number of hydrogen-bond acceptors (Lipinski definition) is 7. The monoisotopic (exact) mass is 466 g/mol. The number of methoxy groups -OCH3 is 1. The third kappa shape index (κ3) is 5.00. The number of aryl methyl sites for hydroxylation is 2. The number of rotatable bonds is 8. The normalized spacial score (nSPS) is 11.1. The Morgan fingerprint density at radius 2 is 1.77 bits per heavy atom. The Balaban J connectivity index is 1.40. The van der Waals surface area contributed by atoms with Gasteiger partial charge in [0.15, 0.2) is 5.75 Å². The van der Waals surface area contributed by atoms with E-state index in [1.165, 1.54) is 0 Å². The number of nitrogens with one attached hydrogen (secondary N) is 1. The van der Waals surface area contributed by atoms with Crippen LogP contribution in [-0.4, -0.2) is 35.3 Å². The lowest BCUT2D eigenvalue weighted by atomic mass is 10.1. The van der Waals surface area contributed by atoms with Crippen molar-refractivity contribution in [1.29, 1.82) is 0 Å². The fourth-order valence-corrected chi connectivity index (χ4v) is 3.86. The van der Waals surface area contributed by atoms with Gasteiger partial charge in [0.2, 0.25) is 0 Å². The van der Waals surface area contributed by atoms with Gasteiger partial charge in [0.1, 0.15) is 35.8 Å². The van der Waals surface area contributed by atoms with Crippen LogP contribution in [0.25, 0.3) is 21.8 Å². The van der Waals surface area contributed by atoms with E-state index in [-0.39, 0.29) is 0 Å². The highest BCUT2D eigenvalue weighted by atomic mass is 16.5. The molecule has 0 bridgehead atoms. The predicted molar refractivity (Wildman–Crippen MR) is 138 cm³/mol.